The van der Waals surface area contributed by atoms with Crippen LogP contribution in [0.15, 0.2) is 41.1 Å². The molecule has 0 aliphatic heterocycles. The van der Waals surface area contributed by atoms with Gasteiger partial charge in [-0.1, -0.05) is 0 Å². The lowest BCUT2D eigenvalue weighted by atomic mass is 10.1. The molecule has 0 aliphatic rings. The van der Waals surface area contributed by atoms with Gasteiger partial charge in [0.25, 0.3) is 0 Å². The van der Waals surface area contributed by atoms with Crippen LogP contribution in [0.2, 0.25) is 0 Å². The lowest BCUT2D eigenvalue weighted by molar-refractivity contribution is 0.477. The van der Waals surface area contributed by atoms with Gasteiger partial charge in [0.15, 0.2) is 0 Å². The predicted molar refractivity (Wildman–Crippen MR) is 63.5 cm³/mol. The first-order valence-electron chi connectivity index (χ1n) is 4.36. The van der Waals surface area contributed by atoms with Gasteiger partial charge in [0.1, 0.15) is 5.75 Å². The van der Waals surface area contributed by atoms with E-state index in [0.29, 0.717) is 5.69 Å². The molecule has 0 fully saturated rings. The molecule has 0 amide bonds. The topological polar surface area (TPSA) is 59.1 Å². The van der Waals surface area contributed by atoms with Crippen LogP contribution in [-0.2, 0) is 0 Å². The van der Waals surface area contributed by atoms with Crippen LogP contribution in [0, 0.1) is 0 Å². The summed E-state index contributed by atoms with van der Waals surface area (Å²) in [5, 5.41) is 9.71. The van der Waals surface area contributed by atoms with Crippen LogP contribution in [0.25, 0.3) is 11.1 Å². The maximum absolute atomic E-state index is 9.71. The van der Waals surface area contributed by atoms with Crippen molar-refractivity contribution >= 4 is 21.6 Å². The number of aromatic hydroxyl groups is 1. The highest BCUT2D eigenvalue weighted by molar-refractivity contribution is 9.10. The number of anilines is 1. The normalized spacial score (nSPS) is 10.2. The summed E-state index contributed by atoms with van der Waals surface area (Å²) < 4.78 is 0.872. The Kier molecular flexibility index (Phi) is 2.60. The molecular formula is C11H9BrN2O. The summed E-state index contributed by atoms with van der Waals surface area (Å²) in [5.41, 5.74) is 7.66. The zero-order valence-corrected chi connectivity index (χ0v) is 9.40. The van der Waals surface area contributed by atoms with Gasteiger partial charge in [0.05, 0.1) is 0 Å². The Labute approximate surface area is 95.7 Å². The molecule has 1 aromatic carbocycles. The standard InChI is InChI=1S/C11H9BrN2O/c12-8-3-7(5-14-6-8)10-2-1-9(13)4-11(10)15/h1-6,15H,13H2. The van der Waals surface area contributed by atoms with Crippen LogP contribution in [-0.4, -0.2) is 10.1 Å². The summed E-state index contributed by atoms with van der Waals surface area (Å²) in [4.78, 5) is 4.03. The third kappa shape index (κ3) is 2.10. The van der Waals surface area contributed by atoms with E-state index in [1.807, 2.05) is 6.07 Å². The summed E-state index contributed by atoms with van der Waals surface area (Å²) in [6, 6.07) is 6.93. The molecule has 76 valence electrons. The van der Waals surface area contributed by atoms with E-state index in [9.17, 15) is 5.11 Å². The van der Waals surface area contributed by atoms with Crippen molar-refractivity contribution in [2.24, 2.45) is 0 Å². The molecule has 0 spiro atoms. The fourth-order valence-corrected chi connectivity index (χ4v) is 1.72. The smallest absolute Gasteiger partial charge is 0.125 e. The third-order valence-corrected chi connectivity index (χ3v) is 2.47. The van der Waals surface area contributed by atoms with Crippen LogP contribution in [0.1, 0.15) is 0 Å². The third-order valence-electron chi connectivity index (χ3n) is 2.04. The minimum absolute atomic E-state index is 0.162. The first-order chi connectivity index (χ1) is 7.16. The molecule has 0 saturated heterocycles. The first-order valence-corrected chi connectivity index (χ1v) is 5.15. The first kappa shape index (κ1) is 9.98. The van der Waals surface area contributed by atoms with E-state index in [-0.39, 0.29) is 5.75 Å². The number of rotatable bonds is 1. The van der Waals surface area contributed by atoms with Crippen molar-refractivity contribution in [3.8, 4) is 16.9 Å². The SMILES string of the molecule is Nc1ccc(-c2cncc(Br)c2)c(O)c1. The van der Waals surface area contributed by atoms with E-state index in [2.05, 4.69) is 20.9 Å². The highest BCUT2D eigenvalue weighted by Crippen LogP contribution is 2.31. The van der Waals surface area contributed by atoms with Gasteiger partial charge in [-0.15, -0.1) is 0 Å². The van der Waals surface area contributed by atoms with Gasteiger partial charge in [-0.3, -0.25) is 4.98 Å². The molecule has 3 nitrogen and oxygen atoms in total. The second kappa shape index (κ2) is 3.90. The van der Waals surface area contributed by atoms with Crippen molar-refractivity contribution in [2.75, 3.05) is 5.73 Å². The maximum Gasteiger partial charge on any atom is 0.125 e. The molecule has 0 saturated carbocycles. The Hall–Kier alpha value is -1.55. The molecule has 1 heterocycles. The van der Waals surface area contributed by atoms with Crippen LogP contribution in [0.5, 0.6) is 5.75 Å². The van der Waals surface area contributed by atoms with Gasteiger partial charge >= 0.3 is 0 Å². The molecule has 15 heavy (non-hydrogen) atoms. The van der Waals surface area contributed by atoms with Crippen LogP contribution in [0.4, 0.5) is 5.69 Å². The molecule has 0 aliphatic carbocycles. The number of phenolic OH excluding ortho intramolecular Hbond substituents is 1. The highest BCUT2D eigenvalue weighted by Gasteiger charge is 2.04. The molecule has 1 aromatic heterocycles. The van der Waals surface area contributed by atoms with Crippen molar-refractivity contribution in [3.63, 3.8) is 0 Å². The molecular weight excluding hydrogens is 256 g/mol. The summed E-state index contributed by atoms with van der Waals surface area (Å²) in [7, 11) is 0. The van der Waals surface area contributed by atoms with E-state index in [0.717, 1.165) is 15.6 Å². The molecule has 2 aromatic rings. The number of hydrogen-bond acceptors (Lipinski definition) is 3. The summed E-state index contributed by atoms with van der Waals surface area (Å²) in [6.45, 7) is 0. The highest BCUT2D eigenvalue weighted by atomic mass is 79.9. The van der Waals surface area contributed by atoms with Crippen molar-refractivity contribution in [1.29, 1.82) is 0 Å². The fourth-order valence-electron chi connectivity index (χ4n) is 1.35. The molecule has 3 N–H and O–H groups in total. The van der Waals surface area contributed by atoms with Gasteiger partial charge in [-0.25, -0.2) is 0 Å². The lowest BCUT2D eigenvalue weighted by Crippen LogP contribution is -1.86. The monoisotopic (exact) mass is 264 g/mol. The van der Waals surface area contributed by atoms with Crippen LogP contribution >= 0.6 is 15.9 Å². The zero-order chi connectivity index (χ0) is 10.8. The van der Waals surface area contributed by atoms with E-state index < -0.39 is 0 Å². The van der Waals surface area contributed by atoms with Crippen molar-refractivity contribution in [1.82, 2.24) is 4.98 Å². The summed E-state index contributed by atoms with van der Waals surface area (Å²) in [6.07, 6.45) is 3.38. The number of benzene rings is 1. The molecule has 0 bridgehead atoms. The number of nitrogens with zero attached hydrogens (tertiary/aromatic N) is 1. The molecule has 2 rings (SSSR count). The Bertz CT molecular complexity index is 500. The summed E-state index contributed by atoms with van der Waals surface area (Å²) >= 11 is 3.33. The number of aromatic nitrogens is 1. The second-order valence-electron chi connectivity index (χ2n) is 3.17. The molecule has 0 radical (unpaired) electrons. The van der Waals surface area contributed by atoms with Gasteiger partial charge in [-0.05, 0) is 34.1 Å². The van der Waals surface area contributed by atoms with Gasteiger partial charge < -0.3 is 10.8 Å². The van der Waals surface area contributed by atoms with E-state index in [1.165, 1.54) is 6.07 Å². The van der Waals surface area contributed by atoms with Gasteiger partial charge in [0, 0.05) is 39.7 Å². The fraction of sp³-hybridized carbons (Fsp3) is 0. The number of pyridine rings is 1. The average molecular weight is 265 g/mol. The minimum atomic E-state index is 0.162. The second-order valence-corrected chi connectivity index (χ2v) is 4.08. The van der Waals surface area contributed by atoms with E-state index in [1.54, 1.807) is 24.5 Å². The summed E-state index contributed by atoms with van der Waals surface area (Å²) in [5.74, 6) is 0.162. The number of phenols is 1. The number of nitrogens with two attached hydrogens (primary N) is 1. The number of halogens is 1. The Morgan fingerprint density at radius 2 is 2.00 bits per heavy atom. The predicted octanol–water partition coefficient (Wildman–Crippen LogP) is 2.80. The number of hydrogen-bond donors (Lipinski definition) is 2. The van der Waals surface area contributed by atoms with Crippen molar-refractivity contribution in [3.05, 3.63) is 41.1 Å². The Morgan fingerprint density at radius 1 is 1.20 bits per heavy atom. The largest absolute Gasteiger partial charge is 0.507 e. The zero-order valence-electron chi connectivity index (χ0n) is 7.81. The molecule has 4 heteroatoms. The average Bonchev–Trinajstić information content (AvgIpc) is 2.17. The van der Waals surface area contributed by atoms with Gasteiger partial charge in [0.2, 0.25) is 0 Å². The quantitative estimate of drug-likeness (QED) is 0.779. The van der Waals surface area contributed by atoms with Crippen LogP contribution < -0.4 is 5.73 Å². The Balaban J connectivity index is 2.54. The lowest BCUT2D eigenvalue weighted by Gasteiger charge is -2.05. The molecule has 0 atom stereocenters. The van der Waals surface area contributed by atoms with Crippen LogP contribution in [0.3, 0.4) is 0 Å². The van der Waals surface area contributed by atoms with Crippen molar-refractivity contribution < 1.29 is 5.11 Å². The van der Waals surface area contributed by atoms with E-state index >= 15 is 0 Å². The Morgan fingerprint density at radius 3 is 2.67 bits per heavy atom. The van der Waals surface area contributed by atoms with Gasteiger partial charge in [-0.2, -0.15) is 0 Å². The minimum Gasteiger partial charge on any atom is -0.507 e. The maximum atomic E-state index is 9.71. The van der Waals surface area contributed by atoms with Crippen molar-refractivity contribution in [2.45, 2.75) is 0 Å². The van der Waals surface area contributed by atoms with E-state index in [4.69, 9.17) is 5.73 Å². The molecule has 0 unspecified atom stereocenters. The number of nitrogen functional groups attached to an aromatic ring is 1.